The molecule has 1 aromatic rings. The monoisotopic (exact) mass is 276 g/mol. The molecule has 1 aliphatic rings. The number of furan rings is 1. The summed E-state index contributed by atoms with van der Waals surface area (Å²) >= 11 is 0. The number of ether oxygens (including phenoxy) is 1. The molecule has 0 saturated carbocycles. The van der Waals surface area contributed by atoms with Crippen LogP contribution in [0.2, 0.25) is 0 Å². The maximum atomic E-state index is 5.85. The largest absolute Gasteiger partial charge is 0.480 e. The van der Waals surface area contributed by atoms with Gasteiger partial charge < -0.3 is 14.1 Å². The molecule has 2 heterocycles. The van der Waals surface area contributed by atoms with Gasteiger partial charge in [-0.1, -0.05) is 12.7 Å². The molecule has 0 aliphatic carbocycles. The maximum Gasteiger partial charge on any atom is 0.195 e. The van der Waals surface area contributed by atoms with Crippen molar-refractivity contribution in [3.63, 3.8) is 0 Å². The van der Waals surface area contributed by atoms with Gasteiger partial charge in [0, 0.05) is 32.2 Å². The van der Waals surface area contributed by atoms with Gasteiger partial charge >= 0.3 is 0 Å². The Morgan fingerprint density at radius 3 is 2.60 bits per heavy atom. The second kappa shape index (κ2) is 6.66. The summed E-state index contributed by atoms with van der Waals surface area (Å²) in [6.07, 6.45) is 3.73. The molecule has 1 saturated heterocycles. The quantitative estimate of drug-likeness (QED) is 0.610. The molecule has 2 rings (SSSR count). The molecule has 1 aromatic heterocycles. The number of rotatable bonds is 5. The van der Waals surface area contributed by atoms with E-state index in [0.29, 0.717) is 0 Å². The van der Waals surface area contributed by atoms with Crippen LogP contribution in [0, 0.1) is 6.92 Å². The van der Waals surface area contributed by atoms with Gasteiger partial charge in [-0.05, 0) is 32.9 Å². The van der Waals surface area contributed by atoms with Crippen molar-refractivity contribution >= 4 is 5.88 Å². The Bertz CT molecular complexity index is 471. The number of piperazine rings is 1. The lowest BCUT2D eigenvalue weighted by atomic mass is 10.3. The molecule has 0 aromatic carbocycles. The van der Waals surface area contributed by atoms with Gasteiger partial charge in [0.15, 0.2) is 5.88 Å². The summed E-state index contributed by atoms with van der Waals surface area (Å²) in [6.45, 7) is 13.6. The average molecular weight is 276 g/mol. The Morgan fingerprint density at radius 1 is 1.35 bits per heavy atom. The first-order valence-electron chi connectivity index (χ1n) is 7.11. The number of aryl methyl sites for hydroxylation is 1. The third kappa shape index (κ3) is 3.67. The van der Waals surface area contributed by atoms with E-state index >= 15 is 0 Å². The van der Waals surface area contributed by atoms with Crippen LogP contribution in [-0.2, 0) is 4.74 Å². The normalized spacial score (nSPS) is 18.9. The van der Waals surface area contributed by atoms with Crippen LogP contribution in [0.5, 0.6) is 0 Å². The molecule has 4 heteroatoms. The van der Waals surface area contributed by atoms with Crippen molar-refractivity contribution in [2.75, 3.05) is 31.1 Å². The molecule has 1 aliphatic heterocycles. The minimum atomic E-state index is 0.0895. The maximum absolute atomic E-state index is 5.85. The SMILES string of the molecule is C=C/C=C(/C)OC(C)N1CCN(c2ccc(C)o2)CC1. The highest BCUT2D eigenvalue weighted by atomic mass is 16.5. The van der Waals surface area contributed by atoms with E-state index in [0.717, 1.165) is 43.6 Å². The highest BCUT2D eigenvalue weighted by molar-refractivity contribution is 5.36. The molecule has 1 unspecified atom stereocenters. The molecular weight excluding hydrogens is 252 g/mol. The van der Waals surface area contributed by atoms with Crippen molar-refractivity contribution in [3.8, 4) is 0 Å². The van der Waals surface area contributed by atoms with Crippen LogP contribution in [0.3, 0.4) is 0 Å². The lowest BCUT2D eigenvalue weighted by Crippen LogP contribution is -2.50. The molecule has 110 valence electrons. The van der Waals surface area contributed by atoms with E-state index < -0.39 is 0 Å². The van der Waals surface area contributed by atoms with Gasteiger partial charge in [0.1, 0.15) is 12.0 Å². The van der Waals surface area contributed by atoms with Crippen molar-refractivity contribution in [3.05, 3.63) is 42.4 Å². The van der Waals surface area contributed by atoms with E-state index in [1.165, 1.54) is 0 Å². The molecule has 1 atom stereocenters. The molecular formula is C16H24N2O2. The van der Waals surface area contributed by atoms with Gasteiger partial charge in [0.2, 0.25) is 0 Å². The fourth-order valence-corrected chi connectivity index (χ4v) is 2.45. The summed E-state index contributed by atoms with van der Waals surface area (Å²) < 4.78 is 11.5. The predicted octanol–water partition coefficient (Wildman–Crippen LogP) is 3.16. The number of hydrogen-bond donors (Lipinski definition) is 0. The minimum absolute atomic E-state index is 0.0895. The molecule has 0 amide bonds. The van der Waals surface area contributed by atoms with Crippen LogP contribution >= 0.6 is 0 Å². The van der Waals surface area contributed by atoms with E-state index in [2.05, 4.69) is 23.3 Å². The van der Waals surface area contributed by atoms with E-state index in [4.69, 9.17) is 9.15 Å². The van der Waals surface area contributed by atoms with Gasteiger partial charge in [-0.25, -0.2) is 0 Å². The predicted molar refractivity (Wildman–Crippen MR) is 81.7 cm³/mol. The Labute approximate surface area is 121 Å². The highest BCUT2D eigenvalue weighted by Gasteiger charge is 2.23. The van der Waals surface area contributed by atoms with Gasteiger partial charge in [0.25, 0.3) is 0 Å². The summed E-state index contributed by atoms with van der Waals surface area (Å²) in [6, 6.07) is 4.05. The first kappa shape index (κ1) is 14.7. The summed E-state index contributed by atoms with van der Waals surface area (Å²) in [5.41, 5.74) is 0. The zero-order valence-electron chi connectivity index (χ0n) is 12.6. The standard InChI is InChI=1S/C16H24N2O2/c1-5-6-13(2)19-15(4)17-9-11-18(12-10-17)16-8-7-14(3)20-16/h5-8,15H,1,9-12H2,2-4H3/b13-6-. The number of hydrogen-bond acceptors (Lipinski definition) is 4. The lowest BCUT2D eigenvalue weighted by molar-refractivity contribution is -0.0121. The average Bonchev–Trinajstić information content (AvgIpc) is 2.86. The Morgan fingerprint density at radius 2 is 2.05 bits per heavy atom. The zero-order chi connectivity index (χ0) is 14.5. The summed E-state index contributed by atoms with van der Waals surface area (Å²) in [7, 11) is 0. The number of nitrogens with zero attached hydrogens (tertiary/aromatic N) is 2. The minimum Gasteiger partial charge on any atom is -0.480 e. The molecule has 4 nitrogen and oxygen atoms in total. The van der Waals surface area contributed by atoms with Crippen LogP contribution < -0.4 is 4.90 Å². The van der Waals surface area contributed by atoms with Crippen molar-refractivity contribution in [1.29, 1.82) is 0 Å². The van der Waals surface area contributed by atoms with Crippen molar-refractivity contribution < 1.29 is 9.15 Å². The Kier molecular flexibility index (Phi) is 4.90. The van der Waals surface area contributed by atoms with Crippen LogP contribution in [0.15, 0.2) is 41.0 Å². The second-order valence-electron chi connectivity index (χ2n) is 5.14. The third-order valence-electron chi connectivity index (χ3n) is 3.58. The highest BCUT2D eigenvalue weighted by Crippen LogP contribution is 2.20. The van der Waals surface area contributed by atoms with E-state index in [-0.39, 0.29) is 6.23 Å². The summed E-state index contributed by atoms with van der Waals surface area (Å²) in [5, 5.41) is 0. The van der Waals surface area contributed by atoms with E-state index in [1.54, 1.807) is 6.08 Å². The second-order valence-corrected chi connectivity index (χ2v) is 5.14. The van der Waals surface area contributed by atoms with Gasteiger partial charge in [-0.2, -0.15) is 0 Å². The first-order chi connectivity index (χ1) is 9.60. The van der Waals surface area contributed by atoms with Crippen LogP contribution in [0.25, 0.3) is 0 Å². The topological polar surface area (TPSA) is 28.9 Å². The smallest absolute Gasteiger partial charge is 0.195 e. The lowest BCUT2D eigenvalue weighted by Gasteiger charge is -2.37. The van der Waals surface area contributed by atoms with Gasteiger partial charge in [-0.15, -0.1) is 0 Å². The third-order valence-corrected chi connectivity index (χ3v) is 3.58. The summed E-state index contributed by atoms with van der Waals surface area (Å²) in [5.74, 6) is 2.83. The Balaban J connectivity index is 1.84. The fourth-order valence-electron chi connectivity index (χ4n) is 2.45. The van der Waals surface area contributed by atoms with E-state index in [1.807, 2.05) is 32.1 Å². The molecule has 0 N–H and O–H groups in total. The molecule has 0 radical (unpaired) electrons. The van der Waals surface area contributed by atoms with E-state index in [9.17, 15) is 0 Å². The van der Waals surface area contributed by atoms with Crippen molar-refractivity contribution in [2.24, 2.45) is 0 Å². The van der Waals surface area contributed by atoms with Crippen LogP contribution in [0.1, 0.15) is 19.6 Å². The van der Waals surface area contributed by atoms with Gasteiger partial charge in [-0.3, -0.25) is 4.90 Å². The Hall–Kier alpha value is -1.68. The number of anilines is 1. The van der Waals surface area contributed by atoms with Crippen LogP contribution in [-0.4, -0.2) is 37.3 Å². The van der Waals surface area contributed by atoms with Gasteiger partial charge in [0.05, 0.1) is 5.76 Å². The number of allylic oxidation sites excluding steroid dienone is 3. The first-order valence-corrected chi connectivity index (χ1v) is 7.11. The van der Waals surface area contributed by atoms with Crippen molar-refractivity contribution in [1.82, 2.24) is 4.90 Å². The fraction of sp³-hybridized carbons (Fsp3) is 0.500. The summed E-state index contributed by atoms with van der Waals surface area (Å²) in [4.78, 5) is 4.62. The van der Waals surface area contributed by atoms with Crippen LogP contribution in [0.4, 0.5) is 5.88 Å². The molecule has 20 heavy (non-hydrogen) atoms. The molecule has 0 bridgehead atoms. The molecule has 1 fully saturated rings. The zero-order valence-corrected chi connectivity index (χ0v) is 12.6. The molecule has 0 spiro atoms. The van der Waals surface area contributed by atoms with Crippen molar-refractivity contribution in [2.45, 2.75) is 27.0 Å².